The van der Waals surface area contributed by atoms with Crippen molar-refractivity contribution in [3.63, 3.8) is 0 Å². The second-order valence-corrected chi connectivity index (χ2v) is 7.96. The number of halogens is 2. The Morgan fingerprint density at radius 1 is 1.10 bits per heavy atom. The van der Waals surface area contributed by atoms with Crippen molar-refractivity contribution in [2.24, 2.45) is 0 Å². The van der Waals surface area contributed by atoms with Gasteiger partial charge in [0, 0.05) is 6.54 Å². The number of hydrogen-bond acceptors (Lipinski definition) is 5. The summed E-state index contributed by atoms with van der Waals surface area (Å²) in [5, 5.41) is -0.477. The Bertz CT molecular complexity index is 825. The lowest BCUT2D eigenvalue weighted by Crippen LogP contribution is -2.32. The van der Waals surface area contributed by atoms with Crippen molar-refractivity contribution in [3.05, 3.63) is 53.6 Å². The van der Waals surface area contributed by atoms with E-state index in [0.29, 0.717) is 6.54 Å². The molecule has 8 heteroatoms. The van der Waals surface area contributed by atoms with Gasteiger partial charge < -0.3 is 19.1 Å². The van der Waals surface area contributed by atoms with Crippen LogP contribution in [-0.4, -0.2) is 43.4 Å². The lowest BCUT2D eigenvalue weighted by Gasteiger charge is -2.25. The SMILES string of the molecule is COc1cc([C@H]2S[C@H](C)C(=O)N2CCc2ccccc2)cc(OC)c1OC(F)F. The normalized spacial score (nSPS) is 19.0. The molecule has 1 aliphatic rings. The minimum atomic E-state index is -3.01. The molecule has 0 aliphatic carbocycles. The first kappa shape index (κ1) is 21.2. The van der Waals surface area contributed by atoms with Gasteiger partial charge in [-0.15, -0.1) is 11.8 Å². The van der Waals surface area contributed by atoms with Gasteiger partial charge in [-0.1, -0.05) is 30.3 Å². The van der Waals surface area contributed by atoms with Crippen LogP contribution in [0.5, 0.6) is 17.2 Å². The Morgan fingerprint density at radius 3 is 2.28 bits per heavy atom. The quantitative estimate of drug-likeness (QED) is 0.625. The molecule has 1 amide bonds. The third-order valence-electron chi connectivity index (χ3n) is 4.71. The summed E-state index contributed by atoms with van der Waals surface area (Å²) in [6, 6.07) is 13.2. The van der Waals surface area contributed by atoms with Gasteiger partial charge >= 0.3 is 6.61 Å². The maximum Gasteiger partial charge on any atom is 0.387 e. The molecule has 2 atom stereocenters. The minimum absolute atomic E-state index is 0.0433. The molecule has 0 radical (unpaired) electrons. The van der Waals surface area contributed by atoms with Gasteiger partial charge in [-0.2, -0.15) is 8.78 Å². The van der Waals surface area contributed by atoms with E-state index in [0.717, 1.165) is 17.5 Å². The number of rotatable bonds is 8. The zero-order chi connectivity index (χ0) is 21.0. The van der Waals surface area contributed by atoms with E-state index < -0.39 is 6.61 Å². The van der Waals surface area contributed by atoms with E-state index in [1.165, 1.54) is 26.0 Å². The fraction of sp³-hybridized carbons (Fsp3) is 0.381. The van der Waals surface area contributed by atoms with Crippen LogP contribution in [0.3, 0.4) is 0 Å². The zero-order valence-corrected chi connectivity index (χ0v) is 17.2. The summed E-state index contributed by atoms with van der Waals surface area (Å²) in [4.78, 5) is 14.6. The average molecular weight is 423 g/mol. The predicted molar refractivity (Wildman–Crippen MR) is 108 cm³/mol. The molecule has 0 saturated carbocycles. The van der Waals surface area contributed by atoms with E-state index in [4.69, 9.17) is 9.47 Å². The van der Waals surface area contributed by atoms with Gasteiger partial charge in [0.05, 0.1) is 19.5 Å². The number of methoxy groups -OCH3 is 2. The number of hydrogen-bond donors (Lipinski definition) is 0. The van der Waals surface area contributed by atoms with E-state index >= 15 is 0 Å². The monoisotopic (exact) mass is 423 g/mol. The number of benzene rings is 2. The second kappa shape index (κ2) is 9.35. The molecule has 0 bridgehead atoms. The zero-order valence-electron chi connectivity index (χ0n) is 16.4. The molecule has 0 spiro atoms. The summed E-state index contributed by atoms with van der Waals surface area (Å²) in [7, 11) is 2.75. The van der Waals surface area contributed by atoms with Gasteiger partial charge in [-0.05, 0) is 36.6 Å². The molecule has 1 heterocycles. The van der Waals surface area contributed by atoms with Crippen LogP contribution in [0.1, 0.15) is 23.4 Å². The van der Waals surface area contributed by atoms with Gasteiger partial charge in [-0.3, -0.25) is 4.79 Å². The number of carbonyl (C=O) groups is 1. The number of ether oxygens (including phenoxy) is 3. The van der Waals surface area contributed by atoms with E-state index in [9.17, 15) is 13.6 Å². The van der Waals surface area contributed by atoms with E-state index in [2.05, 4.69) is 4.74 Å². The lowest BCUT2D eigenvalue weighted by atomic mass is 10.1. The van der Waals surface area contributed by atoms with Gasteiger partial charge in [-0.25, -0.2) is 0 Å². The van der Waals surface area contributed by atoms with Crippen LogP contribution in [0.25, 0.3) is 0 Å². The minimum Gasteiger partial charge on any atom is -0.493 e. The van der Waals surface area contributed by atoms with Crippen molar-refractivity contribution in [2.45, 2.75) is 30.6 Å². The molecule has 1 fully saturated rings. The van der Waals surface area contributed by atoms with Crippen LogP contribution in [0, 0.1) is 0 Å². The molecule has 0 unspecified atom stereocenters. The summed E-state index contributed by atoms with van der Waals surface area (Å²) < 4.78 is 40.7. The average Bonchev–Trinajstić information content (AvgIpc) is 3.01. The van der Waals surface area contributed by atoms with E-state index in [-0.39, 0.29) is 33.8 Å². The summed E-state index contributed by atoms with van der Waals surface area (Å²) in [6.07, 6.45) is 0.719. The first-order valence-corrected chi connectivity index (χ1v) is 10.1. The topological polar surface area (TPSA) is 48.0 Å². The Kier molecular flexibility index (Phi) is 6.84. The van der Waals surface area contributed by atoms with Gasteiger partial charge in [0.15, 0.2) is 11.5 Å². The number of alkyl halides is 2. The highest BCUT2D eigenvalue weighted by Gasteiger charge is 2.39. The number of amides is 1. The van der Waals surface area contributed by atoms with Crippen LogP contribution in [0.2, 0.25) is 0 Å². The van der Waals surface area contributed by atoms with Crippen LogP contribution >= 0.6 is 11.8 Å². The smallest absolute Gasteiger partial charge is 0.387 e. The maximum absolute atomic E-state index is 12.8. The van der Waals surface area contributed by atoms with Gasteiger partial charge in [0.1, 0.15) is 5.37 Å². The van der Waals surface area contributed by atoms with Crippen LogP contribution in [0.4, 0.5) is 8.78 Å². The molecule has 0 aromatic heterocycles. The first-order chi connectivity index (χ1) is 13.9. The summed E-state index contributed by atoms with van der Waals surface area (Å²) in [6.45, 7) is -0.593. The number of nitrogens with zero attached hydrogens (tertiary/aromatic N) is 1. The summed E-state index contributed by atoms with van der Waals surface area (Å²) >= 11 is 1.50. The van der Waals surface area contributed by atoms with E-state index in [1.807, 2.05) is 42.2 Å². The van der Waals surface area contributed by atoms with Crippen molar-refractivity contribution in [1.29, 1.82) is 0 Å². The standard InChI is InChI=1S/C21H23F2NO4S/c1-13-19(25)24(10-9-14-7-5-4-6-8-14)20(29-13)15-11-16(26-2)18(28-21(22)23)17(12-15)27-3/h4-8,11-13,20-21H,9-10H2,1-3H3/t13-,20-/m1/s1. The fourth-order valence-electron chi connectivity index (χ4n) is 3.30. The maximum atomic E-state index is 12.8. The largest absolute Gasteiger partial charge is 0.493 e. The van der Waals surface area contributed by atoms with Crippen molar-refractivity contribution in [1.82, 2.24) is 4.90 Å². The molecule has 0 N–H and O–H groups in total. The molecule has 2 aromatic rings. The van der Waals surface area contributed by atoms with Gasteiger partial charge in [0.25, 0.3) is 0 Å². The molecular weight excluding hydrogens is 400 g/mol. The first-order valence-electron chi connectivity index (χ1n) is 9.15. The van der Waals surface area contributed by atoms with Crippen molar-refractivity contribution >= 4 is 17.7 Å². The summed E-state index contributed by atoms with van der Waals surface area (Å²) in [5.41, 5.74) is 1.87. The highest BCUT2D eigenvalue weighted by Crippen LogP contribution is 2.48. The van der Waals surface area contributed by atoms with Crippen molar-refractivity contribution in [2.75, 3.05) is 20.8 Å². The van der Waals surface area contributed by atoms with Crippen LogP contribution in [0.15, 0.2) is 42.5 Å². The molecule has 3 rings (SSSR count). The number of carbonyl (C=O) groups excluding carboxylic acids is 1. The Hall–Kier alpha value is -2.48. The summed E-state index contributed by atoms with van der Waals surface area (Å²) in [5.74, 6) is 0.152. The van der Waals surface area contributed by atoms with Crippen LogP contribution < -0.4 is 14.2 Å². The molecule has 1 saturated heterocycles. The highest BCUT2D eigenvalue weighted by atomic mass is 32.2. The Balaban J connectivity index is 1.90. The molecule has 2 aromatic carbocycles. The fourth-order valence-corrected chi connectivity index (χ4v) is 4.59. The molecule has 29 heavy (non-hydrogen) atoms. The Labute approximate surface area is 172 Å². The lowest BCUT2D eigenvalue weighted by molar-refractivity contribution is -0.129. The van der Waals surface area contributed by atoms with E-state index in [1.54, 1.807) is 12.1 Å². The molecule has 5 nitrogen and oxygen atoms in total. The third kappa shape index (κ3) is 4.75. The highest BCUT2D eigenvalue weighted by molar-refractivity contribution is 8.01. The Morgan fingerprint density at radius 2 is 1.72 bits per heavy atom. The molecular formula is C21H23F2NO4S. The van der Waals surface area contributed by atoms with Crippen molar-refractivity contribution < 1.29 is 27.8 Å². The predicted octanol–water partition coefficient (Wildman–Crippen LogP) is 4.51. The van der Waals surface area contributed by atoms with Crippen molar-refractivity contribution in [3.8, 4) is 17.2 Å². The van der Waals surface area contributed by atoms with Gasteiger partial charge in [0.2, 0.25) is 11.7 Å². The van der Waals surface area contributed by atoms with Crippen LogP contribution in [-0.2, 0) is 11.2 Å². The third-order valence-corrected chi connectivity index (χ3v) is 6.10. The second-order valence-electron chi connectivity index (χ2n) is 6.53. The molecule has 156 valence electrons. The molecule has 1 aliphatic heterocycles. The number of thioether (sulfide) groups is 1.